The number of fused-ring (bicyclic) bond motifs is 1. The molecule has 116 valence electrons. The summed E-state index contributed by atoms with van der Waals surface area (Å²) in [6.45, 7) is 8.53. The number of unbranched alkanes of at least 4 members (excludes halogenated alkanes) is 1. The van der Waals surface area contributed by atoms with Gasteiger partial charge in [-0.3, -0.25) is 0 Å². The molecule has 5 heteroatoms. The van der Waals surface area contributed by atoms with E-state index < -0.39 is 0 Å². The second-order valence-corrected chi connectivity index (χ2v) is 6.22. The molecule has 0 radical (unpaired) electrons. The predicted octanol–water partition coefficient (Wildman–Crippen LogP) is 3.60. The molecule has 0 bridgehead atoms. The second kappa shape index (κ2) is 7.23. The first kappa shape index (κ1) is 16.2. The molecule has 2 rings (SSSR count). The van der Waals surface area contributed by atoms with E-state index >= 15 is 0 Å². The van der Waals surface area contributed by atoms with E-state index in [9.17, 15) is 0 Å². The van der Waals surface area contributed by atoms with Gasteiger partial charge in [0.25, 0.3) is 0 Å². The van der Waals surface area contributed by atoms with Crippen LogP contribution in [-0.4, -0.2) is 39.1 Å². The van der Waals surface area contributed by atoms with Crippen LogP contribution in [0.4, 0.5) is 0 Å². The van der Waals surface area contributed by atoms with E-state index in [1.807, 2.05) is 13.1 Å². The highest BCUT2D eigenvalue weighted by molar-refractivity contribution is 6.16. The Hall–Kier alpha value is -1.13. The van der Waals surface area contributed by atoms with E-state index in [4.69, 9.17) is 11.6 Å². The van der Waals surface area contributed by atoms with Gasteiger partial charge in [-0.25, -0.2) is 9.97 Å². The zero-order valence-electron chi connectivity index (χ0n) is 13.4. The Bertz CT molecular complexity index is 591. The number of aryl methyl sites for hydroxylation is 2. The van der Waals surface area contributed by atoms with Gasteiger partial charge in [0.1, 0.15) is 11.3 Å². The first-order valence-corrected chi connectivity index (χ1v) is 8.14. The van der Waals surface area contributed by atoms with Gasteiger partial charge < -0.3 is 9.47 Å². The van der Waals surface area contributed by atoms with Crippen LogP contribution < -0.4 is 0 Å². The number of aromatic nitrogens is 3. The first-order valence-electron chi connectivity index (χ1n) is 7.61. The summed E-state index contributed by atoms with van der Waals surface area (Å²) in [6.07, 6.45) is 4.18. The highest BCUT2D eigenvalue weighted by atomic mass is 35.5. The molecule has 0 N–H and O–H groups in total. The van der Waals surface area contributed by atoms with Crippen molar-refractivity contribution in [3.8, 4) is 0 Å². The van der Waals surface area contributed by atoms with Gasteiger partial charge in [-0.15, -0.1) is 11.6 Å². The van der Waals surface area contributed by atoms with Crippen LogP contribution in [0.25, 0.3) is 11.2 Å². The van der Waals surface area contributed by atoms with E-state index in [-0.39, 0.29) is 0 Å². The minimum atomic E-state index is 0.432. The summed E-state index contributed by atoms with van der Waals surface area (Å²) in [6, 6.07) is 2.67. The average molecular weight is 309 g/mol. The Balaban J connectivity index is 2.04. The fraction of sp³-hybridized carbons (Fsp3) is 0.625. The quantitative estimate of drug-likeness (QED) is 0.579. The first-order chi connectivity index (χ1) is 10.0. The van der Waals surface area contributed by atoms with Crippen molar-refractivity contribution in [2.75, 3.05) is 13.6 Å². The van der Waals surface area contributed by atoms with Gasteiger partial charge in [0.15, 0.2) is 5.65 Å². The Kier molecular flexibility index (Phi) is 5.59. The van der Waals surface area contributed by atoms with Crippen molar-refractivity contribution in [2.24, 2.45) is 0 Å². The molecule has 0 aliphatic heterocycles. The normalized spacial score (nSPS) is 12.0. The number of alkyl halides is 1. The van der Waals surface area contributed by atoms with Crippen molar-refractivity contribution in [3.05, 3.63) is 23.7 Å². The van der Waals surface area contributed by atoms with Crippen LogP contribution in [-0.2, 0) is 12.4 Å². The van der Waals surface area contributed by atoms with E-state index in [2.05, 4.69) is 46.4 Å². The zero-order valence-corrected chi connectivity index (χ0v) is 14.2. The van der Waals surface area contributed by atoms with Crippen molar-refractivity contribution in [1.82, 2.24) is 19.4 Å². The van der Waals surface area contributed by atoms with Crippen LogP contribution in [0.5, 0.6) is 0 Å². The molecule has 0 spiro atoms. The topological polar surface area (TPSA) is 34.0 Å². The summed E-state index contributed by atoms with van der Waals surface area (Å²) >= 11 is 6.03. The lowest BCUT2D eigenvalue weighted by molar-refractivity contribution is 0.266. The van der Waals surface area contributed by atoms with Gasteiger partial charge in [0, 0.05) is 18.8 Å². The molecule has 0 fully saturated rings. The van der Waals surface area contributed by atoms with E-state index in [0.29, 0.717) is 11.9 Å². The van der Waals surface area contributed by atoms with Crippen LogP contribution in [0.3, 0.4) is 0 Å². The van der Waals surface area contributed by atoms with Gasteiger partial charge in [-0.2, -0.15) is 0 Å². The Morgan fingerprint density at radius 1 is 1.33 bits per heavy atom. The summed E-state index contributed by atoms with van der Waals surface area (Å²) < 4.78 is 2.16. The van der Waals surface area contributed by atoms with E-state index in [0.717, 1.165) is 42.1 Å². The number of rotatable bonds is 7. The van der Waals surface area contributed by atoms with Crippen LogP contribution in [0, 0.1) is 6.92 Å². The predicted molar refractivity (Wildman–Crippen MR) is 88.8 cm³/mol. The molecule has 0 aromatic carbocycles. The summed E-state index contributed by atoms with van der Waals surface area (Å²) in [5.74, 6) is 1.35. The third kappa shape index (κ3) is 3.95. The number of hydrogen-bond acceptors (Lipinski definition) is 3. The summed E-state index contributed by atoms with van der Waals surface area (Å²) in [4.78, 5) is 11.5. The lowest BCUT2D eigenvalue weighted by Gasteiger charge is -2.20. The molecule has 0 atom stereocenters. The molecule has 2 aromatic heterocycles. The van der Waals surface area contributed by atoms with Crippen LogP contribution >= 0.6 is 11.6 Å². The highest BCUT2D eigenvalue weighted by Crippen LogP contribution is 2.17. The van der Waals surface area contributed by atoms with Crippen LogP contribution in [0.15, 0.2) is 12.3 Å². The van der Waals surface area contributed by atoms with Crippen molar-refractivity contribution < 1.29 is 0 Å². The third-order valence-electron chi connectivity index (χ3n) is 3.94. The van der Waals surface area contributed by atoms with Crippen LogP contribution in [0.1, 0.15) is 38.1 Å². The average Bonchev–Trinajstić information content (AvgIpc) is 2.80. The SMILES string of the molecule is Cc1cnc2c(c1)nc(CCl)n2CCCCN(C)C(C)C. The summed E-state index contributed by atoms with van der Waals surface area (Å²) in [5.41, 5.74) is 3.03. The third-order valence-corrected chi connectivity index (χ3v) is 4.18. The molecule has 0 saturated heterocycles. The van der Waals surface area contributed by atoms with Crippen molar-refractivity contribution in [1.29, 1.82) is 0 Å². The molecule has 0 aliphatic carbocycles. The molecular weight excluding hydrogens is 284 g/mol. The molecule has 0 saturated carbocycles. The molecule has 0 unspecified atom stereocenters. The van der Waals surface area contributed by atoms with Crippen molar-refractivity contribution in [2.45, 2.75) is 52.1 Å². The number of nitrogens with zero attached hydrogens (tertiary/aromatic N) is 4. The van der Waals surface area contributed by atoms with Crippen LogP contribution in [0.2, 0.25) is 0 Å². The second-order valence-electron chi connectivity index (χ2n) is 5.95. The lowest BCUT2D eigenvalue weighted by atomic mass is 10.2. The van der Waals surface area contributed by atoms with Crippen molar-refractivity contribution in [3.63, 3.8) is 0 Å². The minimum Gasteiger partial charge on any atom is -0.312 e. The highest BCUT2D eigenvalue weighted by Gasteiger charge is 2.11. The molecule has 2 heterocycles. The molecular formula is C16H25ClN4. The number of hydrogen-bond donors (Lipinski definition) is 0. The largest absolute Gasteiger partial charge is 0.312 e. The monoisotopic (exact) mass is 308 g/mol. The molecule has 0 amide bonds. The Morgan fingerprint density at radius 3 is 2.76 bits per heavy atom. The fourth-order valence-corrected chi connectivity index (χ4v) is 2.59. The standard InChI is InChI=1S/C16H25ClN4/c1-12(2)20(4)7-5-6-8-21-15(10-17)19-14-9-13(3)11-18-16(14)21/h9,11-12H,5-8,10H2,1-4H3. The van der Waals surface area contributed by atoms with Crippen molar-refractivity contribution >= 4 is 22.8 Å². The molecule has 21 heavy (non-hydrogen) atoms. The minimum absolute atomic E-state index is 0.432. The number of halogens is 1. The number of imidazole rings is 1. The maximum atomic E-state index is 6.03. The summed E-state index contributed by atoms with van der Waals surface area (Å²) in [5, 5.41) is 0. The Morgan fingerprint density at radius 2 is 2.10 bits per heavy atom. The van der Waals surface area contributed by atoms with E-state index in [1.54, 1.807) is 0 Å². The summed E-state index contributed by atoms with van der Waals surface area (Å²) in [7, 11) is 2.17. The maximum Gasteiger partial charge on any atom is 0.160 e. The molecule has 4 nitrogen and oxygen atoms in total. The van der Waals surface area contributed by atoms with Gasteiger partial charge in [-0.1, -0.05) is 0 Å². The van der Waals surface area contributed by atoms with E-state index in [1.165, 1.54) is 6.42 Å². The van der Waals surface area contributed by atoms with Gasteiger partial charge in [0.2, 0.25) is 0 Å². The molecule has 2 aromatic rings. The zero-order chi connectivity index (χ0) is 15.4. The van der Waals surface area contributed by atoms with Gasteiger partial charge >= 0.3 is 0 Å². The maximum absolute atomic E-state index is 6.03. The van der Waals surface area contributed by atoms with Gasteiger partial charge in [0.05, 0.1) is 5.88 Å². The van der Waals surface area contributed by atoms with Gasteiger partial charge in [-0.05, 0) is 58.8 Å². The Labute approximate surface area is 132 Å². The smallest absolute Gasteiger partial charge is 0.160 e. The number of pyridine rings is 1. The molecule has 0 aliphatic rings. The fourth-order valence-electron chi connectivity index (χ4n) is 2.38. The lowest BCUT2D eigenvalue weighted by Crippen LogP contribution is -2.27.